The Morgan fingerprint density at radius 1 is 1.10 bits per heavy atom. The minimum atomic E-state index is -5.08. The van der Waals surface area contributed by atoms with Crippen LogP contribution in [0.4, 0.5) is 18.9 Å². The molecule has 29 heavy (non-hydrogen) atoms. The first-order valence-electron chi connectivity index (χ1n) is 8.89. The molecule has 1 heterocycles. The van der Waals surface area contributed by atoms with Crippen LogP contribution in [0.1, 0.15) is 11.1 Å². The molecule has 4 nitrogen and oxygen atoms in total. The summed E-state index contributed by atoms with van der Waals surface area (Å²) < 4.78 is 31.7. The lowest BCUT2D eigenvalue weighted by molar-refractivity contribution is -0.192. The number of hydrogen-bond acceptors (Lipinski definition) is 4. The number of aryl methyl sites for hydroxylation is 1. The maximum absolute atomic E-state index is 10.6. The number of piperazine rings is 1. The van der Waals surface area contributed by atoms with E-state index in [1.54, 1.807) is 0 Å². The highest BCUT2D eigenvalue weighted by atomic mass is 35.5. The number of halogens is 4. The average molecular weight is 447 g/mol. The second-order valence-electron chi connectivity index (χ2n) is 6.43. The van der Waals surface area contributed by atoms with Crippen LogP contribution in [0.25, 0.3) is 0 Å². The lowest BCUT2D eigenvalue weighted by atomic mass is 10.1. The first-order chi connectivity index (χ1) is 13.6. The van der Waals surface area contributed by atoms with E-state index in [0.717, 1.165) is 36.8 Å². The van der Waals surface area contributed by atoms with E-state index < -0.39 is 12.1 Å². The van der Waals surface area contributed by atoms with Gasteiger partial charge in [-0.1, -0.05) is 41.6 Å². The number of carboxylic acids is 1. The maximum Gasteiger partial charge on any atom is 0.490 e. The fraction of sp³-hybridized carbons (Fsp3) is 0.350. The van der Waals surface area contributed by atoms with Crippen molar-refractivity contribution in [1.82, 2.24) is 5.32 Å². The Hall–Kier alpha value is -1.90. The number of nitrogens with zero attached hydrogens (tertiary/aromatic N) is 1. The van der Waals surface area contributed by atoms with Crippen LogP contribution in [0, 0.1) is 13.8 Å². The molecule has 1 aliphatic rings. The van der Waals surface area contributed by atoms with Crippen LogP contribution in [0.3, 0.4) is 0 Å². The van der Waals surface area contributed by atoms with Crippen molar-refractivity contribution in [3.05, 3.63) is 52.5 Å². The van der Waals surface area contributed by atoms with E-state index in [4.69, 9.17) is 21.5 Å². The van der Waals surface area contributed by atoms with Crippen molar-refractivity contribution in [3.8, 4) is 0 Å². The Morgan fingerprint density at radius 2 is 1.69 bits per heavy atom. The zero-order valence-electron chi connectivity index (χ0n) is 16.0. The monoisotopic (exact) mass is 446 g/mol. The van der Waals surface area contributed by atoms with Crippen LogP contribution in [0.5, 0.6) is 0 Å². The molecule has 0 bridgehead atoms. The number of hydrogen-bond donors (Lipinski definition) is 2. The van der Waals surface area contributed by atoms with Gasteiger partial charge in [0.05, 0.1) is 5.69 Å². The molecule has 2 N–H and O–H groups in total. The number of nitrogens with one attached hydrogen (secondary N) is 1. The van der Waals surface area contributed by atoms with Gasteiger partial charge in [0.2, 0.25) is 0 Å². The van der Waals surface area contributed by atoms with Gasteiger partial charge in [-0.3, -0.25) is 0 Å². The molecule has 9 heteroatoms. The predicted molar refractivity (Wildman–Crippen MR) is 110 cm³/mol. The Balaban J connectivity index is 0.000000370. The van der Waals surface area contributed by atoms with Gasteiger partial charge in [-0.05, 0) is 43.2 Å². The molecular formula is C20H22ClF3N2O2S. The van der Waals surface area contributed by atoms with Gasteiger partial charge in [0, 0.05) is 41.0 Å². The minimum Gasteiger partial charge on any atom is -0.475 e. The van der Waals surface area contributed by atoms with Gasteiger partial charge >= 0.3 is 12.1 Å². The highest BCUT2D eigenvalue weighted by Gasteiger charge is 2.38. The number of benzene rings is 2. The molecule has 0 aromatic heterocycles. The van der Waals surface area contributed by atoms with Crippen molar-refractivity contribution >= 4 is 35.0 Å². The van der Waals surface area contributed by atoms with E-state index in [-0.39, 0.29) is 0 Å². The van der Waals surface area contributed by atoms with Gasteiger partial charge in [0.25, 0.3) is 0 Å². The van der Waals surface area contributed by atoms with Crippen LogP contribution >= 0.6 is 23.4 Å². The molecule has 1 aliphatic heterocycles. The molecule has 0 saturated carbocycles. The number of carboxylic acid groups (broad SMARTS) is 1. The van der Waals surface area contributed by atoms with E-state index in [0.29, 0.717) is 0 Å². The normalized spacial score (nSPS) is 14.2. The summed E-state index contributed by atoms with van der Waals surface area (Å²) in [5, 5.41) is 11.4. The fourth-order valence-electron chi connectivity index (χ4n) is 2.74. The molecule has 3 rings (SSSR count). The molecule has 0 aliphatic carbocycles. The zero-order valence-corrected chi connectivity index (χ0v) is 17.6. The fourth-order valence-corrected chi connectivity index (χ4v) is 4.04. The Bertz CT molecular complexity index is 856. The number of rotatable bonds is 3. The summed E-state index contributed by atoms with van der Waals surface area (Å²) in [5.74, 6) is -2.76. The molecule has 2 aromatic carbocycles. The summed E-state index contributed by atoms with van der Waals surface area (Å²) in [5.41, 5.74) is 3.63. The quantitative estimate of drug-likeness (QED) is 0.682. The number of anilines is 1. The molecule has 0 amide bonds. The molecule has 0 spiro atoms. The summed E-state index contributed by atoms with van der Waals surface area (Å²) in [7, 11) is 0. The third kappa shape index (κ3) is 6.55. The van der Waals surface area contributed by atoms with Crippen molar-refractivity contribution in [1.29, 1.82) is 0 Å². The Labute approximate surface area is 177 Å². The third-order valence-corrected chi connectivity index (χ3v) is 6.12. The number of aliphatic carboxylic acids is 1. The van der Waals surface area contributed by atoms with E-state index in [1.807, 2.05) is 11.8 Å². The van der Waals surface area contributed by atoms with Crippen LogP contribution in [-0.4, -0.2) is 43.4 Å². The largest absolute Gasteiger partial charge is 0.490 e. The van der Waals surface area contributed by atoms with Gasteiger partial charge in [0.1, 0.15) is 0 Å². The standard InChI is InChI=1S/C18H21ClN2S.C2HF3O2/c1-13-7-8-16(14(2)18(13)19)22-17-6-4-3-5-15(17)21-11-9-20-10-12-21;3-2(4,5)1(6)7/h3-8,20H,9-12H2,1-2H3;(H,6,7). The van der Waals surface area contributed by atoms with Gasteiger partial charge < -0.3 is 15.3 Å². The summed E-state index contributed by atoms with van der Waals surface area (Å²) in [6.07, 6.45) is -5.08. The Kier molecular flexibility index (Phi) is 8.24. The molecule has 0 atom stereocenters. The maximum atomic E-state index is 10.6. The number of carbonyl (C=O) groups is 1. The predicted octanol–water partition coefficient (Wildman–Crippen LogP) is 5.15. The van der Waals surface area contributed by atoms with Gasteiger partial charge in [-0.2, -0.15) is 13.2 Å². The summed E-state index contributed by atoms with van der Waals surface area (Å²) in [4.78, 5) is 13.9. The zero-order chi connectivity index (χ0) is 21.6. The van der Waals surface area contributed by atoms with E-state index in [1.165, 1.54) is 21.0 Å². The number of alkyl halides is 3. The van der Waals surface area contributed by atoms with Crippen molar-refractivity contribution < 1.29 is 23.1 Å². The molecule has 0 radical (unpaired) electrons. The average Bonchev–Trinajstić information content (AvgIpc) is 2.69. The van der Waals surface area contributed by atoms with E-state index >= 15 is 0 Å². The summed E-state index contributed by atoms with van der Waals surface area (Å²) >= 11 is 8.22. The molecule has 0 unspecified atom stereocenters. The van der Waals surface area contributed by atoms with Crippen molar-refractivity contribution in [2.24, 2.45) is 0 Å². The van der Waals surface area contributed by atoms with Crippen LogP contribution in [-0.2, 0) is 4.79 Å². The third-order valence-electron chi connectivity index (χ3n) is 4.32. The summed E-state index contributed by atoms with van der Waals surface area (Å²) in [6, 6.07) is 12.9. The highest BCUT2D eigenvalue weighted by molar-refractivity contribution is 7.99. The minimum absolute atomic E-state index is 0.879. The highest BCUT2D eigenvalue weighted by Crippen LogP contribution is 2.39. The van der Waals surface area contributed by atoms with Gasteiger partial charge in [-0.15, -0.1) is 0 Å². The van der Waals surface area contributed by atoms with Gasteiger partial charge in [-0.25, -0.2) is 4.79 Å². The van der Waals surface area contributed by atoms with E-state index in [2.05, 4.69) is 60.5 Å². The first kappa shape index (κ1) is 23.4. The first-order valence-corrected chi connectivity index (χ1v) is 10.1. The van der Waals surface area contributed by atoms with E-state index in [9.17, 15) is 13.2 Å². The number of para-hydroxylation sites is 1. The molecular weight excluding hydrogens is 425 g/mol. The molecule has 1 fully saturated rings. The van der Waals surface area contributed by atoms with Crippen LogP contribution < -0.4 is 10.2 Å². The SMILES string of the molecule is Cc1ccc(Sc2ccccc2N2CCNCC2)c(C)c1Cl.O=C(O)C(F)(F)F. The second-order valence-corrected chi connectivity index (χ2v) is 7.89. The van der Waals surface area contributed by atoms with Crippen molar-refractivity contribution in [3.63, 3.8) is 0 Å². The van der Waals surface area contributed by atoms with Crippen molar-refractivity contribution in [2.45, 2.75) is 29.8 Å². The second kappa shape index (κ2) is 10.2. The Morgan fingerprint density at radius 3 is 2.28 bits per heavy atom. The van der Waals surface area contributed by atoms with Crippen molar-refractivity contribution in [2.75, 3.05) is 31.1 Å². The smallest absolute Gasteiger partial charge is 0.475 e. The van der Waals surface area contributed by atoms with Crippen LogP contribution in [0.15, 0.2) is 46.2 Å². The van der Waals surface area contributed by atoms with Gasteiger partial charge in [0.15, 0.2) is 0 Å². The molecule has 2 aromatic rings. The summed E-state index contributed by atoms with van der Waals surface area (Å²) in [6.45, 7) is 8.38. The molecule has 1 saturated heterocycles. The van der Waals surface area contributed by atoms with Crippen LogP contribution in [0.2, 0.25) is 5.02 Å². The topological polar surface area (TPSA) is 52.6 Å². The lowest BCUT2D eigenvalue weighted by Gasteiger charge is -2.31. The molecule has 158 valence electrons. The lowest BCUT2D eigenvalue weighted by Crippen LogP contribution is -2.43.